The summed E-state index contributed by atoms with van der Waals surface area (Å²) in [5.41, 5.74) is 0.811. The SMILES string of the molecule is CC(C)(C)OC(=O)N1CCN(C(=O)c2ccc(C#CCO)cc2)CC1. The number of aliphatic hydroxyl groups excluding tert-OH is 1. The molecule has 1 aliphatic heterocycles. The van der Waals surface area contributed by atoms with E-state index in [2.05, 4.69) is 11.8 Å². The highest BCUT2D eigenvalue weighted by Gasteiger charge is 2.27. The van der Waals surface area contributed by atoms with E-state index in [1.807, 2.05) is 20.8 Å². The van der Waals surface area contributed by atoms with Crippen LogP contribution in [0, 0.1) is 11.8 Å². The zero-order valence-corrected chi connectivity index (χ0v) is 14.9. The molecule has 6 nitrogen and oxygen atoms in total. The number of rotatable bonds is 1. The van der Waals surface area contributed by atoms with Crippen molar-refractivity contribution in [2.45, 2.75) is 26.4 Å². The first-order chi connectivity index (χ1) is 11.8. The second kappa shape index (κ2) is 8.04. The molecule has 134 valence electrons. The molecule has 0 aliphatic carbocycles. The van der Waals surface area contributed by atoms with Crippen molar-refractivity contribution in [2.24, 2.45) is 0 Å². The molecule has 0 aromatic heterocycles. The van der Waals surface area contributed by atoms with Crippen molar-refractivity contribution >= 4 is 12.0 Å². The van der Waals surface area contributed by atoms with Crippen molar-refractivity contribution in [1.82, 2.24) is 9.80 Å². The van der Waals surface area contributed by atoms with E-state index in [1.165, 1.54) is 0 Å². The van der Waals surface area contributed by atoms with E-state index >= 15 is 0 Å². The number of amides is 2. The first-order valence-corrected chi connectivity index (χ1v) is 8.27. The molecule has 1 aromatic carbocycles. The summed E-state index contributed by atoms with van der Waals surface area (Å²) in [5, 5.41) is 8.69. The minimum atomic E-state index is -0.523. The van der Waals surface area contributed by atoms with Crippen molar-refractivity contribution in [3.05, 3.63) is 35.4 Å². The van der Waals surface area contributed by atoms with Gasteiger partial charge in [-0.3, -0.25) is 4.79 Å². The number of benzene rings is 1. The third-order valence-corrected chi connectivity index (χ3v) is 3.66. The molecule has 25 heavy (non-hydrogen) atoms. The summed E-state index contributed by atoms with van der Waals surface area (Å²) in [4.78, 5) is 28.0. The van der Waals surface area contributed by atoms with Gasteiger partial charge in [-0.2, -0.15) is 0 Å². The molecule has 0 unspecified atom stereocenters. The van der Waals surface area contributed by atoms with Crippen molar-refractivity contribution in [3.8, 4) is 11.8 Å². The topological polar surface area (TPSA) is 70.1 Å². The number of piperazine rings is 1. The van der Waals surface area contributed by atoms with Crippen molar-refractivity contribution in [2.75, 3.05) is 32.8 Å². The Morgan fingerprint density at radius 1 is 1.08 bits per heavy atom. The molecule has 1 fully saturated rings. The Kier molecular flexibility index (Phi) is 6.05. The Bertz CT molecular complexity index is 672. The van der Waals surface area contributed by atoms with E-state index in [-0.39, 0.29) is 18.6 Å². The largest absolute Gasteiger partial charge is 0.444 e. The van der Waals surface area contributed by atoms with E-state index in [1.54, 1.807) is 34.1 Å². The zero-order valence-electron chi connectivity index (χ0n) is 14.9. The number of carbonyl (C=O) groups is 2. The monoisotopic (exact) mass is 344 g/mol. The Morgan fingerprint density at radius 2 is 1.64 bits per heavy atom. The highest BCUT2D eigenvalue weighted by molar-refractivity contribution is 5.94. The summed E-state index contributed by atoms with van der Waals surface area (Å²) in [6.45, 7) is 7.18. The fourth-order valence-electron chi connectivity index (χ4n) is 2.44. The van der Waals surface area contributed by atoms with Crippen LogP contribution in [0.4, 0.5) is 4.79 Å². The Hall–Kier alpha value is -2.52. The molecule has 0 atom stereocenters. The van der Waals surface area contributed by atoms with Gasteiger partial charge in [0.25, 0.3) is 5.91 Å². The van der Waals surface area contributed by atoms with Crippen LogP contribution in [0.15, 0.2) is 24.3 Å². The molecule has 1 saturated heterocycles. The van der Waals surface area contributed by atoms with Gasteiger partial charge >= 0.3 is 6.09 Å². The lowest BCUT2D eigenvalue weighted by molar-refractivity contribution is 0.0141. The maximum Gasteiger partial charge on any atom is 0.410 e. The van der Waals surface area contributed by atoms with Crippen LogP contribution in [-0.4, -0.2) is 65.3 Å². The van der Waals surface area contributed by atoms with E-state index in [0.717, 1.165) is 5.56 Å². The highest BCUT2D eigenvalue weighted by atomic mass is 16.6. The maximum atomic E-state index is 12.5. The van der Waals surface area contributed by atoms with Crippen LogP contribution in [0.3, 0.4) is 0 Å². The van der Waals surface area contributed by atoms with Gasteiger partial charge in [0.15, 0.2) is 0 Å². The summed E-state index contributed by atoms with van der Waals surface area (Å²) in [6.07, 6.45) is -0.341. The molecule has 1 heterocycles. The normalized spacial score (nSPS) is 14.6. The summed E-state index contributed by atoms with van der Waals surface area (Å²) in [5.74, 6) is 5.30. The third kappa shape index (κ3) is 5.50. The number of aliphatic hydroxyl groups is 1. The van der Waals surface area contributed by atoms with Crippen molar-refractivity contribution in [1.29, 1.82) is 0 Å². The lowest BCUT2D eigenvalue weighted by Gasteiger charge is -2.35. The van der Waals surface area contributed by atoms with E-state index in [0.29, 0.717) is 31.7 Å². The quantitative estimate of drug-likeness (QED) is 0.788. The smallest absolute Gasteiger partial charge is 0.410 e. The molecule has 1 N–H and O–H groups in total. The van der Waals surface area contributed by atoms with Crippen LogP contribution in [0.5, 0.6) is 0 Å². The third-order valence-electron chi connectivity index (χ3n) is 3.66. The lowest BCUT2D eigenvalue weighted by Crippen LogP contribution is -2.51. The van der Waals surface area contributed by atoms with Gasteiger partial charge in [0.2, 0.25) is 0 Å². The molecule has 2 rings (SSSR count). The lowest BCUT2D eigenvalue weighted by atomic mass is 10.1. The molecular formula is C19H24N2O4. The van der Waals surface area contributed by atoms with Crippen LogP contribution >= 0.6 is 0 Å². The predicted molar refractivity (Wildman–Crippen MR) is 94.1 cm³/mol. The van der Waals surface area contributed by atoms with Crippen LogP contribution in [0.2, 0.25) is 0 Å². The minimum absolute atomic E-state index is 0.0643. The summed E-state index contributed by atoms with van der Waals surface area (Å²) in [7, 11) is 0. The van der Waals surface area contributed by atoms with Crippen LogP contribution in [0.25, 0.3) is 0 Å². The van der Waals surface area contributed by atoms with Gasteiger partial charge < -0.3 is 19.6 Å². The van der Waals surface area contributed by atoms with Crippen LogP contribution < -0.4 is 0 Å². The Morgan fingerprint density at radius 3 is 2.16 bits per heavy atom. The second-order valence-electron chi connectivity index (χ2n) is 6.80. The first kappa shape index (κ1) is 18.8. The van der Waals surface area contributed by atoms with Crippen LogP contribution in [-0.2, 0) is 4.74 Å². The Balaban J connectivity index is 1.92. The summed E-state index contributed by atoms with van der Waals surface area (Å²) >= 11 is 0. The minimum Gasteiger partial charge on any atom is -0.444 e. The predicted octanol–water partition coefficient (Wildman–Crippen LogP) is 1.72. The summed E-state index contributed by atoms with van der Waals surface area (Å²) in [6, 6.07) is 6.97. The van der Waals surface area contributed by atoms with Crippen molar-refractivity contribution in [3.63, 3.8) is 0 Å². The van der Waals surface area contributed by atoms with E-state index < -0.39 is 5.60 Å². The molecule has 0 radical (unpaired) electrons. The van der Waals surface area contributed by atoms with E-state index in [9.17, 15) is 9.59 Å². The molecule has 2 amide bonds. The molecule has 1 aliphatic rings. The average Bonchev–Trinajstić information content (AvgIpc) is 2.58. The van der Waals surface area contributed by atoms with Crippen LogP contribution in [0.1, 0.15) is 36.7 Å². The van der Waals surface area contributed by atoms with Gasteiger partial charge in [-0.1, -0.05) is 11.8 Å². The van der Waals surface area contributed by atoms with Gasteiger partial charge in [-0.15, -0.1) is 0 Å². The highest BCUT2D eigenvalue weighted by Crippen LogP contribution is 2.14. The number of nitrogens with zero attached hydrogens (tertiary/aromatic N) is 2. The molecule has 0 spiro atoms. The average molecular weight is 344 g/mol. The number of carbonyl (C=O) groups excluding carboxylic acids is 2. The number of hydrogen-bond donors (Lipinski definition) is 1. The standard InChI is InChI=1S/C19H24N2O4/c1-19(2,3)25-18(24)21-12-10-20(11-13-21)17(23)16-8-6-15(7-9-16)5-4-14-22/h6-9,22H,10-14H2,1-3H3. The molecule has 0 saturated carbocycles. The Labute approximate surface area is 148 Å². The van der Waals surface area contributed by atoms with E-state index in [4.69, 9.17) is 9.84 Å². The van der Waals surface area contributed by atoms with Gasteiger partial charge in [0.1, 0.15) is 12.2 Å². The van der Waals surface area contributed by atoms with Crippen molar-refractivity contribution < 1.29 is 19.4 Å². The molecule has 1 aromatic rings. The molecule has 0 bridgehead atoms. The zero-order chi connectivity index (χ0) is 18.4. The number of ether oxygens (including phenoxy) is 1. The molecular weight excluding hydrogens is 320 g/mol. The van der Waals surface area contributed by atoms with Gasteiger partial charge in [-0.25, -0.2) is 4.79 Å². The first-order valence-electron chi connectivity index (χ1n) is 8.27. The molecule has 6 heteroatoms. The van der Waals surface area contributed by atoms with Gasteiger partial charge in [-0.05, 0) is 45.0 Å². The fraction of sp³-hybridized carbons (Fsp3) is 0.474. The van der Waals surface area contributed by atoms with Gasteiger partial charge in [0, 0.05) is 37.3 Å². The maximum absolute atomic E-state index is 12.5. The number of hydrogen-bond acceptors (Lipinski definition) is 4. The second-order valence-corrected chi connectivity index (χ2v) is 6.80. The summed E-state index contributed by atoms with van der Waals surface area (Å²) < 4.78 is 5.36. The van der Waals surface area contributed by atoms with Gasteiger partial charge in [0.05, 0.1) is 0 Å². The fourth-order valence-corrected chi connectivity index (χ4v) is 2.44.